The molecule has 17 heavy (non-hydrogen) atoms. The maximum Gasteiger partial charge on any atom is 0.0576 e. The zero-order valence-corrected chi connectivity index (χ0v) is 10.7. The van der Waals surface area contributed by atoms with Crippen LogP contribution in [0.25, 0.3) is 0 Å². The minimum Gasteiger partial charge on any atom is -0.381 e. The highest BCUT2D eigenvalue weighted by Crippen LogP contribution is 2.23. The highest BCUT2D eigenvalue weighted by molar-refractivity contribution is 4.77. The molecule has 0 saturated carbocycles. The number of hydrazine groups is 1. The van der Waals surface area contributed by atoms with E-state index in [1.165, 1.54) is 32.1 Å². The first kappa shape index (κ1) is 13.3. The lowest BCUT2D eigenvalue weighted by Gasteiger charge is -2.30. The monoisotopic (exact) mass is 242 g/mol. The minimum absolute atomic E-state index is 0.459. The quantitative estimate of drug-likeness (QED) is 0.548. The van der Waals surface area contributed by atoms with Crippen LogP contribution in [-0.4, -0.2) is 32.0 Å². The van der Waals surface area contributed by atoms with Crippen LogP contribution in [0.4, 0.5) is 0 Å². The van der Waals surface area contributed by atoms with E-state index in [0.29, 0.717) is 18.1 Å². The Morgan fingerprint density at radius 2 is 2.00 bits per heavy atom. The third-order valence-electron chi connectivity index (χ3n) is 4.11. The molecule has 2 aliphatic rings. The fourth-order valence-corrected chi connectivity index (χ4v) is 3.01. The molecule has 2 aliphatic heterocycles. The van der Waals surface area contributed by atoms with Gasteiger partial charge < -0.3 is 9.47 Å². The number of rotatable bonds is 6. The van der Waals surface area contributed by atoms with Crippen LogP contribution in [0.3, 0.4) is 0 Å². The molecule has 0 spiro atoms. The van der Waals surface area contributed by atoms with Crippen molar-refractivity contribution in [3.63, 3.8) is 0 Å². The van der Waals surface area contributed by atoms with Gasteiger partial charge in [0.25, 0.3) is 0 Å². The Morgan fingerprint density at radius 1 is 1.18 bits per heavy atom. The Labute approximate surface area is 104 Å². The Balaban J connectivity index is 1.63. The molecule has 4 heteroatoms. The summed E-state index contributed by atoms with van der Waals surface area (Å²) in [6, 6.07) is 0.459. The predicted molar refractivity (Wildman–Crippen MR) is 67.5 cm³/mol. The molecule has 4 nitrogen and oxygen atoms in total. The molecular weight excluding hydrogens is 216 g/mol. The average Bonchev–Trinajstić information content (AvgIpc) is 2.89. The summed E-state index contributed by atoms with van der Waals surface area (Å²) in [5.74, 6) is 6.37. The van der Waals surface area contributed by atoms with Gasteiger partial charge in [-0.25, -0.2) is 0 Å². The second-order valence-electron chi connectivity index (χ2n) is 5.29. The van der Waals surface area contributed by atoms with Crippen LogP contribution in [-0.2, 0) is 9.47 Å². The summed E-state index contributed by atoms with van der Waals surface area (Å²) in [6.07, 6.45) is 8.88. The number of nitrogens with one attached hydrogen (secondary N) is 1. The molecule has 0 bridgehead atoms. The number of nitrogens with two attached hydrogens (primary N) is 1. The Hall–Kier alpha value is -0.160. The van der Waals surface area contributed by atoms with Crippen molar-refractivity contribution in [2.24, 2.45) is 11.8 Å². The first-order valence-corrected chi connectivity index (χ1v) is 7.05. The van der Waals surface area contributed by atoms with E-state index < -0.39 is 0 Å². The van der Waals surface area contributed by atoms with E-state index in [-0.39, 0.29) is 0 Å². The van der Waals surface area contributed by atoms with Gasteiger partial charge in [0.1, 0.15) is 0 Å². The molecule has 3 N–H and O–H groups in total. The molecule has 2 heterocycles. The largest absolute Gasteiger partial charge is 0.381 e. The first-order chi connectivity index (χ1) is 8.40. The van der Waals surface area contributed by atoms with Gasteiger partial charge in [0.05, 0.1) is 6.10 Å². The summed E-state index contributed by atoms with van der Waals surface area (Å²) in [4.78, 5) is 0. The molecule has 2 atom stereocenters. The average molecular weight is 242 g/mol. The van der Waals surface area contributed by atoms with Gasteiger partial charge in [0, 0.05) is 25.9 Å². The molecular formula is C13H26N2O2. The van der Waals surface area contributed by atoms with Crippen LogP contribution < -0.4 is 11.3 Å². The fraction of sp³-hybridized carbons (Fsp3) is 1.00. The topological polar surface area (TPSA) is 56.5 Å². The van der Waals surface area contributed by atoms with Crippen molar-refractivity contribution >= 4 is 0 Å². The van der Waals surface area contributed by atoms with E-state index in [0.717, 1.165) is 32.7 Å². The molecule has 2 unspecified atom stereocenters. The molecule has 0 aromatic heterocycles. The van der Waals surface area contributed by atoms with Gasteiger partial charge in [0.15, 0.2) is 0 Å². The fourth-order valence-electron chi connectivity index (χ4n) is 3.01. The van der Waals surface area contributed by atoms with Crippen molar-refractivity contribution in [1.82, 2.24) is 5.43 Å². The summed E-state index contributed by atoms with van der Waals surface area (Å²) in [6.45, 7) is 2.76. The van der Waals surface area contributed by atoms with E-state index in [9.17, 15) is 0 Å². The lowest BCUT2D eigenvalue weighted by molar-refractivity contribution is 0.0508. The highest BCUT2D eigenvalue weighted by atomic mass is 16.5. The van der Waals surface area contributed by atoms with Crippen LogP contribution in [0, 0.1) is 5.92 Å². The van der Waals surface area contributed by atoms with Gasteiger partial charge >= 0.3 is 0 Å². The van der Waals surface area contributed by atoms with Crippen LogP contribution in [0.15, 0.2) is 0 Å². The zero-order chi connectivity index (χ0) is 11.9. The van der Waals surface area contributed by atoms with Gasteiger partial charge in [-0.3, -0.25) is 11.3 Å². The smallest absolute Gasteiger partial charge is 0.0576 e. The molecule has 0 aromatic rings. The maximum atomic E-state index is 5.68. The lowest BCUT2D eigenvalue weighted by Crippen LogP contribution is -2.43. The van der Waals surface area contributed by atoms with Crippen molar-refractivity contribution in [3.05, 3.63) is 0 Å². The molecule has 0 aromatic carbocycles. The van der Waals surface area contributed by atoms with E-state index in [4.69, 9.17) is 15.3 Å². The van der Waals surface area contributed by atoms with Crippen LogP contribution in [0.1, 0.15) is 44.9 Å². The minimum atomic E-state index is 0.459. The van der Waals surface area contributed by atoms with E-state index in [1.807, 2.05) is 0 Å². The second-order valence-corrected chi connectivity index (χ2v) is 5.29. The molecule has 2 rings (SSSR count). The number of hydrogen-bond donors (Lipinski definition) is 2. The molecule has 0 aliphatic carbocycles. The normalized spacial score (nSPS) is 28.4. The zero-order valence-electron chi connectivity index (χ0n) is 10.7. The number of ether oxygens (including phenoxy) is 2. The molecule has 2 fully saturated rings. The maximum absolute atomic E-state index is 5.68. The van der Waals surface area contributed by atoms with Crippen LogP contribution in [0.5, 0.6) is 0 Å². The van der Waals surface area contributed by atoms with Gasteiger partial charge in [-0.05, 0) is 50.9 Å². The summed E-state index contributed by atoms with van der Waals surface area (Å²) < 4.78 is 11.0. The van der Waals surface area contributed by atoms with Gasteiger partial charge in [0.2, 0.25) is 0 Å². The number of hydrogen-bond acceptors (Lipinski definition) is 4. The van der Waals surface area contributed by atoms with Crippen molar-refractivity contribution in [2.45, 2.75) is 57.1 Å². The molecule has 0 radical (unpaired) electrons. The summed E-state index contributed by atoms with van der Waals surface area (Å²) in [5, 5.41) is 0. The van der Waals surface area contributed by atoms with E-state index in [1.54, 1.807) is 0 Å². The third-order valence-corrected chi connectivity index (χ3v) is 4.11. The van der Waals surface area contributed by atoms with Crippen molar-refractivity contribution < 1.29 is 9.47 Å². The van der Waals surface area contributed by atoms with E-state index >= 15 is 0 Å². The lowest BCUT2D eigenvalue weighted by atomic mass is 9.88. The van der Waals surface area contributed by atoms with E-state index in [2.05, 4.69) is 5.43 Å². The van der Waals surface area contributed by atoms with Crippen LogP contribution >= 0.6 is 0 Å². The predicted octanol–water partition coefficient (Wildman–Crippen LogP) is 1.59. The molecule has 0 amide bonds. The summed E-state index contributed by atoms with van der Waals surface area (Å²) >= 11 is 0. The molecule has 2 saturated heterocycles. The van der Waals surface area contributed by atoms with Gasteiger partial charge in [-0.1, -0.05) is 0 Å². The van der Waals surface area contributed by atoms with Crippen molar-refractivity contribution in [2.75, 3.05) is 19.8 Å². The second kappa shape index (κ2) is 7.31. The van der Waals surface area contributed by atoms with Gasteiger partial charge in [-0.15, -0.1) is 0 Å². The third kappa shape index (κ3) is 4.21. The molecule has 100 valence electrons. The Bertz CT molecular complexity index is 202. The highest BCUT2D eigenvalue weighted by Gasteiger charge is 2.23. The standard InChI is InChI=1S/C13H26N2O2/c14-15-13(11-6-9-16-10-7-11)5-1-3-12-4-2-8-17-12/h11-13,15H,1-10,14H2. The van der Waals surface area contributed by atoms with Gasteiger partial charge in [-0.2, -0.15) is 0 Å². The summed E-state index contributed by atoms with van der Waals surface area (Å²) in [7, 11) is 0. The Kier molecular flexibility index (Phi) is 5.71. The first-order valence-electron chi connectivity index (χ1n) is 7.05. The SMILES string of the molecule is NNC(CCCC1CCCO1)C1CCOCC1. The van der Waals surface area contributed by atoms with Crippen molar-refractivity contribution in [1.29, 1.82) is 0 Å². The van der Waals surface area contributed by atoms with Crippen molar-refractivity contribution in [3.8, 4) is 0 Å². The van der Waals surface area contributed by atoms with Crippen LogP contribution in [0.2, 0.25) is 0 Å². The summed E-state index contributed by atoms with van der Waals surface area (Å²) in [5.41, 5.74) is 3.00. The Morgan fingerprint density at radius 3 is 2.65 bits per heavy atom.